The molecule has 8 heteroatoms. The number of carbonyl (C=O) groups is 1. The van der Waals surface area contributed by atoms with Crippen molar-refractivity contribution in [3.8, 4) is 11.3 Å². The minimum absolute atomic E-state index is 0.151. The Bertz CT molecular complexity index is 1230. The van der Waals surface area contributed by atoms with Gasteiger partial charge in [0.2, 0.25) is 5.91 Å². The molecule has 0 bridgehead atoms. The van der Waals surface area contributed by atoms with E-state index in [1.807, 2.05) is 61.5 Å². The van der Waals surface area contributed by atoms with Gasteiger partial charge in [-0.1, -0.05) is 59.8 Å². The van der Waals surface area contributed by atoms with Gasteiger partial charge in [-0.3, -0.25) is 14.2 Å². The fraction of sp³-hybridized carbons (Fsp3) is 0.143. The van der Waals surface area contributed by atoms with Gasteiger partial charge in [0.1, 0.15) is 15.9 Å². The van der Waals surface area contributed by atoms with E-state index in [-0.39, 0.29) is 17.2 Å². The minimum atomic E-state index is -0.156. The predicted molar refractivity (Wildman–Crippen MR) is 119 cm³/mol. The zero-order valence-corrected chi connectivity index (χ0v) is 17.5. The van der Waals surface area contributed by atoms with Crippen molar-refractivity contribution in [3.05, 3.63) is 70.5 Å². The van der Waals surface area contributed by atoms with Crippen molar-refractivity contribution in [2.75, 3.05) is 11.1 Å². The maximum absolute atomic E-state index is 12.8. The van der Waals surface area contributed by atoms with Crippen molar-refractivity contribution < 1.29 is 4.79 Å². The van der Waals surface area contributed by atoms with Gasteiger partial charge in [0, 0.05) is 18.3 Å². The first-order chi connectivity index (χ1) is 14.0. The highest BCUT2D eigenvalue weighted by Crippen LogP contribution is 2.29. The Hall–Kier alpha value is -2.97. The first-order valence-corrected chi connectivity index (χ1v) is 10.7. The zero-order valence-electron chi connectivity index (χ0n) is 15.9. The monoisotopic (exact) mass is 422 g/mol. The van der Waals surface area contributed by atoms with Gasteiger partial charge in [0.25, 0.3) is 5.56 Å². The molecule has 4 aromatic rings. The smallest absolute Gasteiger partial charge is 0.273 e. The van der Waals surface area contributed by atoms with E-state index in [2.05, 4.69) is 14.7 Å². The summed E-state index contributed by atoms with van der Waals surface area (Å²) in [4.78, 5) is 29.7. The van der Waals surface area contributed by atoms with Crippen molar-refractivity contribution in [2.45, 2.75) is 12.1 Å². The second-order valence-corrected chi connectivity index (χ2v) is 8.25. The molecule has 0 radical (unpaired) electrons. The molecule has 1 N–H and O–H groups in total. The number of fused-ring (bicyclic) bond motifs is 1. The van der Waals surface area contributed by atoms with Crippen molar-refractivity contribution in [1.82, 2.24) is 13.9 Å². The standard InChI is InChI=1S/C21H18N4O2S2/c1-13-8-10-14(11-9-13)17-18-19(29-24-17)20(27)25(2)21(23-18)28-12-16(26)22-15-6-4-3-5-7-15/h3-11H,12H2,1-2H3,(H,22,26). The molecule has 4 rings (SSSR count). The first-order valence-electron chi connectivity index (χ1n) is 8.94. The number of nitrogens with zero attached hydrogens (tertiary/aromatic N) is 3. The molecule has 2 heterocycles. The largest absolute Gasteiger partial charge is 0.325 e. The molecular formula is C21H18N4O2S2. The number of hydrogen-bond acceptors (Lipinski definition) is 6. The van der Waals surface area contributed by atoms with E-state index in [4.69, 9.17) is 0 Å². The third-order valence-electron chi connectivity index (χ3n) is 4.38. The number of aromatic nitrogens is 3. The Morgan fingerprint density at radius 2 is 1.86 bits per heavy atom. The van der Waals surface area contributed by atoms with Crippen LogP contribution in [0.4, 0.5) is 5.69 Å². The topological polar surface area (TPSA) is 76.9 Å². The van der Waals surface area contributed by atoms with Crippen molar-refractivity contribution >= 4 is 45.1 Å². The molecule has 6 nitrogen and oxygen atoms in total. The van der Waals surface area contributed by atoms with Crippen molar-refractivity contribution in [2.24, 2.45) is 7.05 Å². The minimum Gasteiger partial charge on any atom is -0.325 e. The molecule has 0 aliphatic rings. The number of benzene rings is 2. The molecule has 2 aromatic carbocycles. The number of aryl methyl sites for hydroxylation is 1. The Kier molecular flexibility index (Phi) is 5.46. The first kappa shape index (κ1) is 19.4. The van der Waals surface area contributed by atoms with E-state index in [0.717, 1.165) is 28.3 Å². The van der Waals surface area contributed by atoms with Gasteiger partial charge < -0.3 is 5.32 Å². The number of hydrogen-bond donors (Lipinski definition) is 1. The summed E-state index contributed by atoms with van der Waals surface area (Å²) >= 11 is 2.38. The number of amides is 1. The molecule has 1 amide bonds. The molecule has 29 heavy (non-hydrogen) atoms. The lowest BCUT2D eigenvalue weighted by Gasteiger charge is -2.08. The zero-order chi connectivity index (χ0) is 20.4. The third-order valence-corrected chi connectivity index (χ3v) is 6.23. The van der Waals surface area contributed by atoms with Crippen LogP contribution in [0.25, 0.3) is 21.5 Å². The average Bonchev–Trinajstić information content (AvgIpc) is 3.15. The van der Waals surface area contributed by atoms with Crippen LogP contribution in [0.5, 0.6) is 0 Å². The summed E-state index contributed by atoms with van der Waals surface area (Å²) in [6.07, 6.45) is 0. The van der Waals surface area contributed by atoms with E-state index in [1.54, 1.807) is 7.05 Å². The Balaban J connectivity index is 1.61. The lowest BCUT2D eigenvalue weighted by Crippen LogP contribution is -2.20. The maximum Gasteiger partial charge on any atom is 0.273 e. The molecule has 146 valence electrons. The lowest BCUT2D eigenvalue weighted by atomic mass is 10.1. The van der Waals surface area contributed by atoms with Crippen LogP contribution in [0.1, 0.15) is 5.56 Å². The predicted octanol–water partition coefficient (Wildman–Crippen LogP) is 4.10. The molecule has 0 unspecified atom stereocenters. The summed E-state index contributed by atoms with van der Waals surface area (Å²) in [6.45, 7) is 2.02. The van der Waals surface area contributed by atoms with Crippen LogP contribution >= 0.6 is 23.3 Å². The van der Waals surface area contributed by atoms with E-state index in [9.17, 15) is 9.59 Å². The Morgan fingerprint density at radius 3 is 2.59 bits per heavy atom. The number of carbonyl (C=O) groups excluding carboxylic acids is 1. The molecular weight excluding hydrogens is 404 g/mol. The quantitative estimate of drug-likeness (QED) is 0.387. The molecule has 0 spiro atoms. The fourth-order valence-electron chi connectivity index (χ4n) is 2.82. The number of rotatable bonds is 5. The molecule has 0 saturated heterocycles. The SMILES string of the molecule is Cc1ccc(-c2nsc3c(=O)n(C)c(SCC(=O)Nc4ccccc4)nc23)cc1. The number of para-hydroxylation sites is 1. The molecule has 0 atom stereocenters. The third kappa shape index (κ3) is 4.08. The van der Waals surface area contributed by atoms with Gasteiger partial charge in [0.15, 0.2) is 5.16 Å². The normalized spacial score (nSPS) is 11.0. The lowest BCUT2D eigenvalue weighted by molar-refractivity contribution is -0.113. The fourth-order valence-corrected chi connectivity index (χ4v) is 4.40. The van der Waals surface area contributed by atoms with Crippen molar-refractivity contribution in [1.29, 1.82) is 0 Å². The average molecular weight is 423 g/mol. The number of thioether (sulfide) groups is 1. The Labute approximate surface area is 175 Å². The van der Waals surface area contributed by atoms with E-state index in [1.165, 1.54) is 16.3 Å². The van der Waals surface area contributed by atoms with Crippen LogP contribution in [0.3, 0.4) is 0 Å². The van der Waals surface area contributed by atoms with E-state index in [0.29, 0.717) is 21.1 Å². The number of nitrogens with one attached hydrogen (secondary N) is 1. The summed E-state index contributed by atoms with van der Waals surface area (Å²) in [6, 6.07) is 17.2. The summed E-state index contributed by atoms with van der Waals surface area (Å²) in [5.74, 6) is -0.00396. The summed E-state index contributed by atoms with van der Waals surface area (Å²) < 4.78 is 6.45. The van der Waals surface area contributed by atoms with Crippen LogP contribution in [0.15, 0.2) is 64.5 Å². The van der Waals surface area contributed by atoms with E-state index < -0.39 is 0 Å². The highest BCUT2D eigenvalue weighted by atomic mass is 32.2. The van der Waals surface area contributed by atoms with Gasteiger partial charge in [-0.05, 0) is 30.6 Å². The molecule has 0 aliphatic heterocycles. The highest BCUT2D eigenvalue weighted by Gasteiger charge is 2.17. The van der Waals surface area contributed by atoms with Crippen LogP contribution in [0.2, 0.25) is 0 Å². The van der Waals surface area contributed by atoms with Crippen LogP contribution in [-0.2, 0) is 11.8 Å². The molecule has 0 aliphatic carbocycles. The van der Waals surface area contributed by atoms with Gasteiger partial charge in [-0.25, -0.2) is 4.98 Å². The van der Waals surface area contributed by atoms with Gasteiger partial charge in [0.05, 0.1) is 5.75 Å². The summed E-state index contributed by atoms with van der Waals surface area (Å²) in [7, 11) is 1.66. The van der Waals surface area contributed by atoms with Crippen LogP contribution < -0.4 is 10.9 Å². The summed E-state index contributed by atoms with van der Waals surface area (Å²) in [5, 5.41) is 3.32. The molecule has 0 saturated carbocycles. The van der Waals surface area contributed by atoms with E-state index >= 15 is 0 Å². The van der Waals surface area contributed by atoms with Gasteiger partial charge in [-0.2, -0.15) is 4.37 Å². The van der Waals surface area contributed by atoms with Crippen LogP contribution in [-0.4, -0.2) is 25.6 Å². The number of anilines is 1. The summed E-state index contributed by atoms with van der Waals surface area (Å²) in [5.41, 5.74) is 3.92. The second-order valence-electron chi connectivity index (χ2n) is 6.54. The van der Waals surface area contributed by atoms with Gasteiger partial charge >= 0.3 is 0 Å². The molecule has 0 fully saturated rings. The second kappa shape index (κ2) is 8.18. The Morgan fingerprint density at radius 1 is 1.14 bits per heavy atom. The van der Waals surface area contributed by atoms with Crippen molar-refractivity contribution in [3.63, 3.8) is 0 Å². The van der Waals surface area contributed by atoms with Crippen LogP contribution in [0, 0.1) is 6.92 Å². The van der Waals surface area contributed by atoms with Gasteiger partial charge in [-0.15, -0.1) is 0 Å². The highest BCUT2D eigenvalue weighted by molar-refractivity contribution is 7.99. The molecule has 2 aromatic heterocycles. The maximum atomic E-state index is 12.8.